The summed E-state index contributed by atoms with van der Waals surface area (Å²) in [5, 5.41) is 9.59. The van der Waals surface area contributed by atoms with Crippen molar-refractivity contribution >= 4 is 22.8 Å². The molecule has 0 atom stereocenters. The van der Waals surface area contributed by atoms with Gasteiger partial charge in [0.2, 0.25) is 0 Å². The van der Waals surface area contributed by atoms with Crippen molar-refractivity contribution in [3.63, 3.8) is 0 Å². The molecule has 0 aliphatic heterocycles. The van der Waals surface area contributed by atoms with Crippen LogP contribution in [0, 0.1) is 0 Å². The molecule has 0 spiro atoms. The predicted molar refractivity (Wildman–Crippen MR) is 135 cm³/mol. The lowest BCUT2D eigenvalue weighted by molar-refractivity contribution is 1.22. The van der Waals surface area contributed by atoms with Gasteiger partial charge in [-0.3, -0.25) is 10.9 Å². The van der Waals surface area contributed by atoms with Crippen LogP contribution in [0.25, 0.3) is 0 Å². The van der Waals surface area contributed by atoms with Gasteiger partial charge in [0.1, 0.15) is 0 Å². The zero-order valence-electron chi connectivity index (χ0n) is 17.9. The Morgan fingerprint density at radius 1 is 0.438 bits per heavy atom. The van der Waals surface area contributed by atoms with Crippen LogP contribution in [0.1, 0.15) is 11.1 Å². The Bertz CT molecular complexity index is 1040. The Hall–Kier alpha value is -4.18. The molecule has 4 aromatic carbocycles. The minimum atomic E-state index is 0.669. The lowest BCUT2D eigenvalue weighted by Gasteiger charge is -2.13. The average molecular weight is 419 g/mol. The lowest BCUT2D eigenvalue weighted by atomic mass is 10.00. The molecule has 0 aromatic heterocycles. The van der Waals surface area contributed by atoms with Crippen molar-refractivity contribution in [2.24, 2.45) is 10.2 Å². The summed E-state index contributed by atoms with van der Waals surface area (Å²) in [6.45, 7) is 0. The Morgan fingerprint density at radius 3 is 1.09 bits per heavy atom. The number of rotatable bonds is 9. The van der Waals surface area contributed by atoms with Gasteiger partial charge in [-0.25, -0.2) is 0 Å². The number of benzene rings is 4. The van der Waals surface area contributed by atoms with E-state index in [2.05, 4.69) is 35.1 Å². The molecule has 0 heterocycles. The number of para-hydroxylation sites is 2. The Balaban J connectivity index is 1.68. The molecule has 4 aromatic rings. The third-order valence-electron chi connectivity index (χ3n) is 4.95. The van der Waals surface area contributed by atoms with Gasteiger partial charge < -0.3 is 0 Å². The van der Waals surface area contributed by atoms with Crippen molar-refractivity contribution < 1.29 is 0 Å². The van der Waals surface area contributed by atoms with Crippen LogP contribution >= 0.6 is 0 Å². The van der Waals surface area contributed by atoms with E-state index in [9.17, 15) is 0 Å². The summed E-state index contributed by atoms with van der Waals surface area (Å²) in [4.78, 5) is 0. The lowest BCUT2D eigenvalue weighted by Crippen LogP contribution is -2.22. The highest BCUT2D eigenvalue weighted by Crippen LogP contribution is 2.11. The normalized spacial score (nSPS) is 11.8. The predicted octanol–water partition coefficient (Wildman–Crippen LogP) is 6.41. The van der Waals surface area contributed by atoms with Crippen LogP contribution in [0.4, 0.5) is 11.4 Å². The summed E-state index contributed by atoms with van der Waals surface area (Å²) in [5.41, 5.74) is 12.4. The van der Waals surface area contributed by atoms with E-state index in [1.807, 2.05) is 97.1 Å². The maximum absolute atomic E-state index is 4.79. The van der Waals surface area contributed by atoms with Crippen LogP contribution in [0.2, 0.25) is 0 Å². The SMILES string of the molecule is c1ccc(CC(=N/Nc2ccccc2)/C(Cc2ccccc2)=N/Nc2ccccc2)cc1. The fourth-order valence-electron chi connectivity index (χ4n) is 3.28. The maximum atomic E-state index is 4.79. The molecule has 0 unspecified atom stereocenters. The van der Waals surface area contributed by atoms with Gasteiger partial charge in [-0.2, -0.15) is 10.2 Å². The van der Waals surface area contributed by atoms with E-state index in [0.29, 0.717) is 12.8 Å². The molecule has 32 heavy (non-hydrogen) atoms. The summed E-state index contributed by atoms with van der Waals surface area (Å²) in [7, 11) is 0. The number of anilines is 2. The molecule has 0 radical (unpaired) electrons. The molecule has 0 bridgehead atoms. The zero-order chi connectivity index (χ0) is 21.8. The zero-order valence-corrected chi connectivity index (χ0v) is 17.9. The first kappa shape index (κ1) is 21.1. The van der Waals surface area contributed by atoms with Crippen molar-refractivity contribution in [2.45, 2.75) is 12.8 Å². The van der Waals surface area contributed by atoms with E-state index in [0.717, 1.165) is 22.8 Å². The van der Waals surface area contributed by atoms with Gasteiger partial charge in [-0.05, 0) is 35.4 Å². The monoisotopic (exact) mass is 418 g/mol. The topological polar surface area (TPSA) is 48.8 Å². The van der Waals surface area contributed by atoms with Crippen LogP contribution < -0.4 is 10.9 Å². The van der Waals surface area contributed by atoms with Crippen molar-refractivity contribution in [3.05, 3.63) is 132 Å². The maximum Gasteiger partial charge on any atom is 0.0886 e. The third kappa shape index (κ3) is 6.41. The number of nitrogens with zero attached hydrogens (tertiary/aromatic N) is 2. The van der Waals surface area contributed by atoms with Gasteiger partial charge in [-0.15, -0.1) is 0 Å². The van der Waals surface area contributed by atoms with Crippen LogP contribution in [0.5, 0.6) is 0 Å². The van der Waals surface area contributed by atoms with Gasteiger partial charge in [0, 0.05) is 12.8 Å². The van der Waals surface area contributed by atoms with Gasteiger partial charge in [-0.1, -0.05) is 97.1 Å². The van der Waals surface area contributed by atoms with Gasteiger partial charge in [0.05, 0.1) is 22.8 Å². The molecule has 0 saturated heterocycles. The summed E-state index contributed by atoms with van der Waals surface area (Å²) in [5.74, 6) is 0. The standard InChI is InChI=1S/C28H26N4/c1-5-13-23(14-6-1)21-27(31-29-25-17-9-3-10-18-25)28(22-24-15-7-2-8-16-24)32-30-26-19-11-4-12-20-26/h1-20,29-30H,21-22H2/b31-27-,32-28+. The minimum Gasteiger partial charge on any atom is -0.278 e. The molecule has 4 rings (SSSR count). The molecule has 4 heteroatoms. The largest absolute Gasteiger partial charge is 0.278 e. The molecule has 158 valence electrons. The van der Waals surface area contributed by atoms with Crippen LogP contribution in [0.15, 0.2) is 132 Å². The first-order chi connectivity index (χ1) is 15.9. The Kier molecular flexibility index (Phi) is 7.42. The first-order valence-corrected chi connectivity index (χ1v) is 10.7. The van der Waals surface area contributed by atoms with Gasteiger partial charge in [0.15, 0.2) is 0 Å². The minimum absolute atomic E-state index is 0.669. The smallest absolute Gasteiger partial charge is 0.0886 e. The third-order valence-corrected chi connectivity index (χ3v) is 4.95. The molecule has 0 saturated carbocycles. The summed E-state index contributed by atoms with van der Waals surface area (Å²) in [6.07, 6.45) is 1.34. The van der Waals surface area contributed by atoms with Gasteiger partial charge >= 0.3 is 0 Å². The second-order valence-corrected chi connectivity index (χ2v) is 7.40. The number of hydrogen-bond donors (Lipinski definition) is 2. The Labute approximate surface area is 189 Å². The molecule has 0 aliphatic carbocycles. The van der Waals surface area contributed by atoms with Crippen molar-refractivity contribution in [2.75, 3.05) is 10.9 Å². The number of nitrogens with one attached hydrogen (secondary N) is 2. The number of hydrogen-bond acceptors (Lipinski definition) is 4. The van der Waals surface area contributed by atoms with Crippen LogP contribution in [-0.4, -0.2) is 11.4 Å². The molecule has 2 N–H and O–H groups in total. The second-order valence-electron chi connectivity index (χ2n) is 7.40. The second kappa shape index (κ2) is 11.3. The van der Waals surface area contributed by atoms with E-state index in [4.69, 9.17) is 10.2 Å². The average Bonchev–Trinajstić information content (AvgIpc) is 2.87. The molecular weight excluding hydrogens is 392 g/mol. The van der Waals surface area contributed by atoms with E-state index in [1.165, 1.54) is 11.1 Å². The summed E-state index contributed by atoms with van der Waals surface area (Å²) in [6, 6.07) is 40.7. The highest BCUT2D eigenvalue weighted by atomic mass is 15.3. The Morgan fingerprint density at radius 2 is 0.750 bits per heavy atom. The highest BCUT2D eigenvalue weighted by molar-refractivity contribution is 6.43. The highest BCUT2D eigenvalue weighted by Gasteiger charge is 2.13. The molecule has 0 fully saturated rings. The van der Waals surface area contributed by atoms with E-state index < -0.39 is 0 Å². The molecule has 0 aliphatic rings. The van der Waals surface area contributed by atoms with Gasteiger partial charge in [0.25, 0.3) is 0 Å². The van der Waals surface area contributed by atoms with Crippen molar-refractivity contribution in [3.8, 4) is 0 Å². The summed E-state index contributed by atoms with van der Waals surface area (Å²) < 4.78 is 0. The number of hydrazone groups is 2. The fourth-order valence-corrected chi connectivity index (χ4v) is 3.28. The van der Waals surface area contributed by atoms with Crippen LogP contribution in [-0.2, 0) is 12.8 Å². The molecular formula is C28H26N4. The van der Waals surface area contributed by atoms with E-state index in [1.54, 1.807) is 0 Å². The van der Waals surface area contributed by atoms with Crippen LogP contribution in [0.3, 0.4) is 0 Å². The molecule has 0 amide bonds. The first-order valence-electron chi connectivity index (χ1n) is 10.7. The molecule has 4 nitrogen and oxygen atoms in total. The summed E-state index contributed by atoms with van der Waals surface area (Å²) >= 11 is 0. The quantitative estimate of drug-likeness (QED) is 0.244. The van der Waals surface area contributed by atoms with E-state index >= 15 is 0 Å². The van der Waals surface area contributed by atoms with E-state index in [-0.39, 0.29) is 0 Å². The van der Waals surface area contributed by atoms with Crippen molar-refractivity contribution in [1.29, 1.82) is 0 Å². The fraction of sp³-hybridized carbons (Fsp3) is 0.0714. The van der Waals surface area contributed by atoms with Crippen molar-refractivity contribution in [1.82, 2.24) is 0 Å².